The quantitative estimate of drug-likeness (QED) is 0.702. The van der Waals surface area contributed by atoms with E-state index >= 15 is 0 Å². The van der Waals surface area contributed by atoms with Gasteiger partial charge in [-0.25, -0.2) is 14.5 Å². The fourth-order valence-corrected chi connectivity index (χ4v) is 3.73. The van der Waals surface area contributed by atoms with Gasteiger partial charge < -0.3 is 11.5 Å². The van der Waals surface area contributed by atoms with Crippen LogP contribution < -0.4 is 16.4 Å². The molecular weight excluding hydrogens is 264 g/mol. The molecule has 2 aliphatic rings. The third kappa shape index (κ3) is 1.73. The largest absolute Gasteiger partial charge is 0.399 e. The average Bonchev–Trinajstić information content (AvgIpc) is 2.69. The van der Waals surface area contributed by atoms with Gasteiger partial charge in [-0.2, -0.15) is 0 Å². The van der Waals surface area contributed by atoms with Crippen molar-refractivity contribution in [2.75, 3.05) is 17.2 Å². The van der Waals surface area contributed by atoms with E-state index in [1.54, 1.807) is 22.7 Å². The molecule has 1 saturated heterocycles. The Morgan fingerprint density at radius 1 is 1.47 bits per heavy atom. The number of hydrogen-bond acceptors (Lipinski definition) is 4. The standard InChI is InChI=1S/C12H14N4O2S/c1-6-9-5-15(11(14)17)12(18)16(9)8-4-7(13)2-3-10(8)19-6/h2-4,6,9H,5,13H2,1H3,(H2,14,17). The minimum absolute atomic E-state index is 0.0562. The number of rotatable bonds is 0. The average molecular weight is 278 g/mol. The molecule has 2 heterocycles. The summed E-state index contributed by atoms with van der Waals surface area (Å²) in [5.41, 5.74) is 12.4. The highest BCUT2D eigenvalue weighted by Crippen LogP contribution is 2.45. The van der Waals surface area contributed by atoms with Gasteiger partial charge in [0.05, 0.1) is 18.3 Å². The molecule has 2 aliphatic heterocycles. The van der Waals surface area contributed by atoms with Crippen LogP contribution in [0.1, 0.15) is 6.92 Å². The number of fused-ring (bicyclic) bond motifs is 3. The Hall–Kier alpha value is -1.89. The number of nitrogen functional groups attached to an aromatic ring is 1. The summed E-state index contributed by atoms with van der Waals surface area (Å²) in [6, 6.07) is 4.36. The van der Waals surface area contributed by atoms with Crippen LogP contribution in [0.5, 0.6) is 0 Å². The van der Waals surface area contributed by atoms with Crippen LogP contribution in [0.3, 0.4) is 0 Å². The summed E-state index contributed by atoms with van der Waals surface area (Å²) in [6.07, 6.45) is 0. The molecule has 0 aliphatic carbocycles. The topological polar surface area (TPSA) is 92.7 Å². The van der Waals surface area contributed by atoms with Crippen LogP contribution in [-0.4, -0.2) is 34.8 Å². The molecule has 7 heteroatoms. The molecule has 3 rings (SSSR count). The van der Waals surface area contributed by atoms with Gasteiger partial charge in [-0.1, -0.05) is 6.92 Å². The van der Waals surface area contributed by atoms with E-state index in [9.17, 15) is 9.59 Å². The fourth-order valence-electron chi connectivity index (χ4n) is 2.54. The van der Waals surface area contributed by atoms with Crippen molar-refractivity contribution in [3.8, 4) is 0 Å². The molecule has 2 atom stereocenters. The summed E-state index contributed by atoms with van der Waals surface area (Å²) in [5.74, 6) is 0. The van der Waals surface area contributed by atoms with Crippen molar-refractivity contribution in [2.24, 2.45) is 5.73 Å². The molecular formula is C12H14N4O2S. The molecule has 0 aromatic heterocycles. The van der Waals surface area contributed by atoms with Crippen molar-refractivity contribution in [1.29, 1.82) is 0 Å². The second-order valence-corrected chi connectivity index (χ2v) is 6.14. The second-order valence-electron chi connectivity index (χ2n) is 4.72. The van der Waals surface area contributed by atoms with Crippen LogP contribution in [0.25, 0.3) is 0 Å². The van der Waals surface area contributed by atoms with Gasteiger partial charge in [0, 0.05) is 15.8 Å². The Morgan fingerprint density at radius 2 is 2.21 bits per heavy atom. The number of nitrogens with zero attached hydrogens (tertiary/aromatic N) is 2. The first-order chi connectivity index (χ1) is 8.99. The number of carbonyl (C=O) groups excluding carboxylic acids is 2. The van der Waals surface area contributed by atoms with E-state index < -0.39 is 6.03 Å². The number of primary amides is 1. The van der Waals surface area contributed by atoms with E-state index in [0.29, 0.717) is 12.2 Å². The molecule has 0 bridgehead atoms. The highest BCUT2D eigenvalue weighted by atomic mass is 32.2. The normalized spacial score (nSPS) is 25.2. The summed E-state index contributed by atoms with van der Waals surface area (Å²) in [6.45, 7) is 2.37. The van der Waals surface area contributed by atoms with Gasteiger partial charge in [-0.05, 0) is 18.2 Å². The summed E-state index contributed by atoms with van der Waals surface area (Å²) in [5, 5.41) is 0.199. The molecule has 4 N–H and O–H groups in total. The van der Waals surface area contributed by atoms with Gasteiger partial charge >= 0.3 is 12.1 Å². The molecule has 1 aromatic rings. The van der Waals surface area contributed by atoms with Crippen LogP contribution in [-0.2, 0) is 0 Å². The zero-order chi connectivity index (χ0) is 13.7. The maximum atomic E-state index is 12.3. The summed E-state index contributed by atoms with van der Waals surface area (Å²) in [4.78, 5) is 27.3. The number of carbonyl (C=O) groups is 2. The fraction of sp³-hybridized carbons (Fsp3) is 0.333. The lowest BCUT2D eigenvalue weighted by Gasteiger charge is -2.34. The number of imide groups is 1. The van der Waals surface area contributed by atoms with Crippen molar-refractivity contribution in [2.45, 2.75) is 23.1 Å². The Labute approximate surface area is 114 Å². The third-order valence-corrected chi connectivity index (χ3v) is 4.79. The minimum Gasteiger partial charge on any atom is -0.399 e. The molecule has 1 fully saturated rings. The monoisotopic (exact) mass is 278 g/mol. The predicted molar refractivity (Wildman–Crippen MR) is 74.1 cm³/mol. The maximum Gasteiger partial charge on any atom is 0.333 e. The molecule has 1 aromatic carbocycles. The van der Waals surface area contributed by atoms with E-state index in [0.717, 1.165) is 15.5 Å². The Morgan fingerprint density at radius 3 is 2.89 bits per heavy atom. The number of nitrogens with two attached hydrogens (primary N) is 2. The van der Waals surface area contributed by atoms with Gasteiger partial charge in [-0.3, -0.25) is 4.90 Å². The zero-order valence-corrected chi connectivity index (χ0v) is 11.2. The van der Waals surface area contributed by atoms with E-state index in [1.165, 1.54) is 0 Å². The maximum absolute atomic E-state index is 12.3. The zero-order valence-electron chi connectivity index (χ0n) is 10.4. The molecule has 0 saturated carbocycles. The first kappa shape index (κ1) is 12.2. The highest BCUT2D eigenvalue weighted by Gasteiger charge is 2.46. The number of amides is 4. The van der Waals surface area contributed by atoms with Crippen molar-refractivity contribution >= 4 is 35.2 Å². The Balaban J connectivity index is 2.09. The minimum atomic E-state index is -0.706. The first-order valence-electron chi connectivity index (χ1n) is 5.95. The van der Waals surface area contributed by atoms with Crippen LogP contribution >= 0.6 is 11.8 Å². The molecule has 6 nitrogen and oxygen atoms in total. The number of anilines is 2. The lowest BCUT2D eigenvalue weighted by atomic mass is 10.1. The van der Waals surface area contributed by atoms with E-state index in [4.69, 9.17) is 11.5 Å². The summed E-state index contributed by atoms with van der Waals surface area (Å²) in [7, 11) is 0. The lowest BCUT2D eigenvalue weighted by molar-refractivity contribution is 0.206. The summed E-state index contributed by atoms with van der Waals surface area (Å²) >= 11 is 1.68. The molecule has 0 radical (unpaired) electrons. The van der Waals surface area contributed by atoms with Gasteiger partial charge in [0.2, 0.25) is 0 Å². The Bertz CT molecular complexity index is 577. The molecule has 4 amide bonds. The van der Waals surface area contributed by atoms with Gasteiger partial charge in [0.1, 0.15) is 0 Å². The van der Waals surface area contributed by atoms with Crippen molar-refractivity contribution in [1.82, 2.24) is 4.90 Å². The first-order valence-corrected chi connectivity index (χ1v) is 6.83. The second kappa shape index (κ2) is 4.06. The number of urea groups is 2. The van der Waals surface area contributed by atoms with E-state index in [1.807, 2.05) is 19.1 Å². The van der Waals surface area contributed by atoms with Gasteiger partial charge in [0.15, 0.2) is 0 Å². The molecule has 2 unspecified atom stereocenters. The molecule has 0 spiro atoms. The molecule has 100 valence electrons. The SMILES string of the molecule is CC1Sc2ccc(N)cc2N2C(=O)N(C(N)=O)CC12. The van der Waals surface area contributed by atoms with Crippen molar-refractivity contribution in [3.05, 3.63) is 18.2 Å². The van der Waals surface area contributed by atoms with Crippen LogP contribution in [0.15, 0.2) is 23.1 Å². The number of benzene rings is 1. The lowest BCUT2D eigenvalue weighted by Crippen LogP contribution is -2.43. The van der Waals surface area contributed by atoms with Gasteiger partial charge in [0.25, 0.3) is 0 Å². The van der Waals surface area contributed by atoms with Crippen molar-refractivity contribution in [3.63, 3.8) is 0 Å². The van der Waals surface area contributed by atoms with E-state index in [-0.39, 0.29) is 17.3 Å². The van der Waals surface area contributed by atoms with Crippen LogP contribution in [0.4, 0.5) is 21.0 Å². The van der Waals surface area contributed by atoms with Crippen LogP contribution in [0, 0.1) is 0 Å². The smallest absolute Gasteiger partial charge is 0.333 e. The van der Waals surface area contributed by atoms with Gasteiger partial charge in [-0.15, -0.1) is 11.8 Å². The number of hydrogen-bond donors (Lipinski definition) is 2. The summed E-state index contributed by atoms with van der Waals surface area (Å²) < 4.78 is 0. The number of thioether (sulfide) groups is 1. The highest BCUT2D eigenvalue weighted by molar-refractivity contribution is 8.00. The Kier molecular flexibility index (Phi) is 2.60. The van der Waals surface area contributed by atoms with Crippen molar-refractivity contribution < 1.29 is 9.59 Å². The van der Waals surface area contributed by atoms with Crippen LogP contribution in [0.2, 0.25) is 0 Å². The van der Waals surface area contributed by atoms with E-state index in [2.05, 4.69) is 0 Å². The molecule has 19 heavy (non-hydrogen) atoms. The predicted octanol–water partition coefficient (Wildman–Crippen LogP) is 1.45. The third-order valence-electron chi connectivity index (χ3n) is 3.50.